The first-order chi connectivity index (χ1) is 9.68. The third-order valence-electron chi connectivity index (χ3n) is 3.00. The molecule has 0 radical (unpaired) electrons. The highest BCUT2D eigenvalue weighted by Gasteiger charge is 2.31. The summed E-state index contributed by atoms with van der Waals surface area (Å²) >= 11 is 0. The Hall–Kier alpha value is -2.11. The zero-order valence-electron chi connectivity index (χ0n) is 13.2. The van der Waals surface area contributed by atoms with E-state index in [0.717, 1.165) is 0 Å². The van der Waals surface area contributed by atoms with Crippen molar-refractivity contribution in [2.75, 3.05) is 13.2 Å². The number of nitrogens with zero attached hydrogens (tertiary/aromatic N) is 2. The van der Waals surface area contributed by atoms with Gasteiger partial charge in [0.15, 0.2) is 0 Å². The fourth-order valence-corrected chi connectivity index (χ4v) is 1.85. The summed E-state index contributed by atoms with van der Waals surface area (Å²) in [5.41, 5.74) is -0.954. The first kappa shape index (κ1) is 16.9. The molecule has 0 aliphatic rings. The summed E-state index contributed by atoms with van der Waals surface area (Å²) in [4.78, 5) is 37.7. The van der Waals surface area contributed by atoms with E-state index in [0.29, 0.717) is 0 Å². The van der Waals surface area contributed by atoms with Gasteiger partial charge in [0.25, 0.3) is 11.5 Å². The average molecular weight is 294 g/mol. The molecule has 1 aromatic heterocycles. The minimum absolute atomic E-state index is 0.0409. The Balaban J connectivity index is 3.15. The van der Waals surface area contributed by atoms with Gasteiger partial charge in [0.05, 0.1) is 6.61 Å². The fraction of sp³-hybridized carbons (Fsp3) is 0.533. The highest BCUT2D eigenvalue weighted by Crippen LogP contribution is 2.16. The van der Waals surface area contributed by atoms with E-state index in [1.807, 2.05) is 0 Å². The van der Waals surface area contributed by atoms with Crippen molar-refractivity contribution in [2.24, 2.45) is 7.05 Å². The molecule has 1 rings (SSSR count). The van der Waals surface area contributed by atoms with E-state index < -0.39 is 17.4 Å². The highest BCUT2D eigenvalue weighted by molar-refractivity contribution is 5.96. The molecule has 0 spiro atoms. The third kappa shape index (κ3) is 4.18. The molecule has 6 nitrogen and oxygen atoms in total. The van der Waals surface area contributed by atoms with Gasteiger partial charge in [0.2, 0.25) is 0 Å². The number of hydrogen-bond donors (Lipinski definition) is 0. The maximum absolute atomic E-state index is 12.6. The van der Waals surface area contributed by atoms with Crippen LogP contribution in [0.4, 0.5) is 0 Å². The Morgan fingerprint density at radius 3 is 2.48 bits per heavy atom. The van der Waals surface area contributed by atoms with Gasteiger partial charge in [-0.1, -0.05) is 0 Å². The van der Waals surface area contributed by atoms with E-state index in [2.05, 4.69) is 0 Å². The van der Waals surface area contributed by atoms with Crippen molar-refractivity contribution in [1.82, 2.24) is 9.47 Å². The van der Waals surface area contributed by atoms with E-state index >= 15 is 0 Å². The van der Waals surface area contributed by atoms with Gasteiger partial charge in [-0.25, -0.2) is 0 Å². The van der Waals surface area contributed by atoms with Gasteiger partial charge in [0.1, 0.15) is 12.1 Å². The number of amides is 1. The number of carbonyl (C=O) groups is 2. The maximum Gasteiger partial charge on any atom is 0.325 e. The lowest BCUT2D eigenvalue weighted by atomic mass is 10.0. The topological polar surface area (TPSA) is 68.6 Å². The molecular weight excluding hydrogens is 272 g/mol. The summed E-state index contributed by atoms with van der Waals surface area (Å²) in [6.07, 6.45) is 1.58. The summed E-state index contributed by atoms with van der Waals surface area (Å²) in [5.74, 6) is -0.967. The van der Waals surface area contributed by atoms with E-state index in [4.69, 9.17) is 4.74 Å². The number of esters is 1. The smallest absolute Gasteiger partial charge is 0.325 e. The minimum Gasteiger partial charge on any atom is -0.465 e. The van der Waals surface area contributed by atoms with Gasteiger partial charge in [0, 0.05) is 18.8 Å². The number of rotatable bonds is 4. The van der Waals surface area contributed by atoms with Crippen LogP contribution in [-0.4, -0.2) is 40.0 Å². The molecule has 1 heterocycles. The molecule has 0 aliphatic heterocycles. The van der Waals surface area contributed by atoms with Crippen LogP contribution in [0.1, 0.15) is 38.1 Å². The lowest BCUT2D eigenvalue weighted by molar-refractivity contribution is -0.144. The molecule has 0 bridgehead atoms. The number of aryl methyl sites for hydroxylation is 1. The summed E-state index contributed by atoms with van der Waals surface area (Å²) in [7, 11) is 1.58. The van der Waals surface area contributed by atoms with Crippen LogP contribution >= 0.6 is 0 Å². The molecule has 0 unspecified atom stereocenters. The van der Waals surface area contributed by atoms with Crippen LogP contribution in [-0.2, 0) is 16.6 Å². The van der Waals surface area contributed by atoms with Crippen LogP contribution < -0.4 is 5.56 Å². The van der Waals surface area contributed by atoms with Crippen molar-refractivity contribution in [3.05, 3.63) is 34.2 Å². The Labute approximate surface area is 124 Å². The summed E-state index contributed by atoms with van der Waals surface area (Å²) in [6, 6.07) is 3.09. The molecule has 21 heavy (non-hydrogen) atoms. The van der Waals surface area contributed by atoms with E-state index in [9.17, 15) is 14.4 Å². The third-order valence-corrected chi connectivity index (χ3v) is 3.00. The Morgan fingerprint density at radius 1 is 1.33 bits per heavy atom. The molecule has 116 valence electrons. The quantitative estimate of drug-likeness (QED) is 0.782. The largest absolute Gasteiger partial charge is 0.465 e. The second kappa shape index (κ2) is 6.56. The van der Waals surface area contributed by atoms with Gasteiger partial charge in [-0.15, -0.1) is 0 Å². The van der Waals surface area contributed by atoms with Crippen LogP contribution in [0, 0.1) is 0 Å². The number of hydrogen-bond acceptors (Lipinski definition) is 4. The lowest BCUT2D eigenvalue weighted by Crippen LogP contribution is -2.50. The van der Waals surface area contributed by atoms with Crippen molar-refractivity contribution < 1.29 is 14.3 Å². The minimum atomic E-state index is -0.606. The normalized spacial score (nSPS) is 11.1. The van der Waals surface area contributed by atoms with E-state index in [1.54, 1.807) is 47.0 Å². The number of aromatic nitrogens is 1. The number of carbonyl (C=O) groups excluding carboxylic acids is 2. The summed E-state index contributed by atoms with van der Waals surface area (Å²) in [5, 5.41) is 0. The molecule has 1 amide bonds. The molecule has 0 saturated carbocycles. The molecule has 0 saturated heterocycles. The Bertz CT molecular complexity index is 584. The first-order valence-corrected chi connectivity index (χ1v) is 6.81. The monoisotopic (exact) mass is 294 g/mol. The lowest BCUT2D eigenvalue weighted by Gasteiger charge is -2.34. The van der Waals surface area contributed by atoms with Crippen LogP contribution in [0.5, 0.6) is 0 Å². The number of pyridine rings is 1. The predicted octanol–water partition coefficient (Wildman–Crippen LogP) is 1.19. The first-order valence-electron chi connectivity index (χ1n) is 6.81. The molecule has 0 aromatic carbocycles. The van der Waals surface area contributed by atoms with Gasteiger partial charge < -0.3 is 14.2 Å². The zero-order valence-corrected chi connectivity index (χ0v) is 13.2. The van der Waals surface area contributed by atoms with Gasteiger partial charge in [-0.05, 0) is 39.8 Å². The Morgan fingerprint density at radius 2 is 1.95 bits per heavy atom. The predicted molar refractivity (Wildman–Crippen MR) is 79.1 cm³/mol. The molecule has 1 aromatic rings. The molecule has 6 heteroatoms. The summed E-state index contributed by atoms with van der Waals surface area (Å²) in [6.45, 7) is 7.17. The standard InChI is InChI=1S/C15H22N2O4/c1-6-21-12(18)10-17(15(2,3)4)14(20)11-8-7-9-16(5)13(11)19/h7-9H,6,10H2,1-5H3. The van der Waals surface area contributed by atoms with Crippen LogP contribution in [0.2, 0.25) is 0 Å². The summed E-state index contributed by atoms with van der Waals surface area (Å²) < 4.78 is 6.22. The molecule has 0 atom stereocenters. The van der Waals surface area contributed by atoms with Crippen LogP contribution in [0.25, 0.3) is 0 Å². The molecular formula is C15H22N2O4. The molecule has 0 fully saturated rings. The van der Waals surface area contributed by atoms with Crippen molar-refractivity contribution in [2.45, 2.75) is 33.2 Å². The average Bonchev–Trinajstić information content (AvgIpc) is 2.37. The van der Waals surface area contributed by atoms with Gasteiger partial charge in [-0.3, -0.25) is 14.4 Å². The SMILES string of the molecule is CCOC(=O)CN(C(=O)c1cccn(C)c1=O)C(C)(C)C. The molecule has 0 N–H and O–H groups in total. The van der Waals surface area contributed by atoms with Crippen molar-refractivity contribution in [1.29, 1.82) is 0 Å². The van der Waals surface area contributed by atoms with Crippen molar-refractivity contribution >= 4 is 11.9 Å². The van der Waals surface area contributed by atoms with Crippen molar-refractivity contribution in [3.63, 3.8) is 0 Å². The molecule has 0 aliphatic carbocycles. The van der Waals surface area contributed by atoms with E-state index in [1.165, 1.54) is 15.5 Å². The number of ether oxygens (including phenoxy) is 1. The Kier molecular flexibility index (Phi) is 5.29. The zero-order chi connectivity index (χ0) is 16.2. The second-order valence-corrected chi connectivity index (χ2v) is 5.71. The van der Waals surface area contributed by atoms with Gasteiger partial charge >= 0.3 is 5.97 Å². The fourth-order valence-electron chi connectivity index (χ4n) is 1.85. The van der Waals surface area contributed by atoms with Crippen LogP contribution in [0.3, 0.4) is 0 Å². The van der Waals surface area contributed by atoms with E-state index in [-0.39, 0.29) is 24.3 Å². The van der Waals surface area contributed by atoms with Gasteiger partial charge in [-0.2, -0.15) is 0 Å². The highest BCUT2D eigenvalue weighted by atomic mass is 16.5. The van der Waals surface area contributed by atoms with Crippen LogP contribution in [0.15, 0.2) is 23.1 Å². The maximum atomic E-state index is 12.6. The van der Waals surface area contributed by atoms with Crippen molar-refractivity contribution in [3.8, 4) is 0 Å². The second-order valence-electron chi connectivity index (χ2n) is 5.71.